The molecule has 0 N–H and O–H groups in total. The van der Waals surface area contributed by atoms with Gasteiger partial charge >= 0.3 is 0 Å². The Hall–Kier alpha value is -2.11. The standard InChI is InChI=1S/C23H31ClN4O/c1-17(2)15-26-11-13-27(14-12-26)23(29)10-9-21-18(3)25-28(19(21)4)16-20-7-5-6-8-22(20)24/h5-10,17H,11-16H2,1-4H3. The summed E-state index contributed by atoms with van der Waals surface area (Å²) in [6.45, 7) is 13.7. The van der Waals surface area contributed by atoms with E-state index in [0.29, 0.717) is 12.5 Å². The third kappa shape index (κ3) is 5.49. The molecule has 2 heterocycles. The Balaban J connectivity index is 1.64. The molecule has 0 radical (unpaired) electrons. The summed E-state index contributed by atoms with van der Waals surface area (Å²) in [6.07, 6.45) is 3.60. The molecule has 0 aliphatic carbocycles. The second-order valence-corrected chi connectivity index (χ2v) is 8.59. The smallest absolute Gasteiger partial charge is 0.246 e. The van der Waals surface area contributed by atoms with Crippen molar-refractivity contribution in [2.24, 2.45) is 5.92 Å². The zero-order chi connectivity index (χ0) is 21.0. The highest BCUT2D eigenvalue weighted by atomic mass is 35.5. The van der Waals surface area contributed by atoms with Gasteiger partial charge in [0.15, 0.2) is 0 Å². The molecule has 1 saturated heterocycles. The van der Waals surface area contributed by atoms with Crippen molar-refractivity contribution in [1.29, 1.82) is 0 Å². The number of aryl methyl sites for hydroxylation is 1. The second kappa shape index (κ2) is 9.59. The molecule has 6 heteroatoms. The summed E-state index contributed by atoms with van der Waals surface area (Å²) < 4.78 is 1.95. The Bertz CT molecular complexity index is 879. The van der Waals surface area contributed by atoms with E-state index in [2.05, 4.69) is 23.8 Å². The zero-order valence-corrected chi connectivity index (χ0v) is 18.6. The maximum absolute atomic E-state index is 12.6. The van der Waals surface area contributed by atoms with Gasteiger partial charge in [-0.25, -0.2) is 0 Å². The number of nitrogens with zero attached hydrogens (tertiary/aromatic N) is 4. The molecule has 1 amide bonds. The maximum Gasteiger partial charge on any atom is 0.246 e. The van der Waals surface area contributed by atoms with Gasteiger partial charge in [-0.3, -0.25) is 14.4 Å². The number of aromatic nitrogens is 2. The predicted octanol–water partition coefficient (Wildman–Crippen LogP) is 4.02. The van der Waals surface area contributed by atoms with Crippen LogP contribution in [0.25, 0.3) is 6.08 Å². The van der Waals surface area contributed by atoms with Crippen LogP contribution in [0, 0.1) is 19.8 Å². The van der Waals surface area contributed by atoms with Crippen LogP contribution < -0.4 is 0 Å². The van der Waals surface area contributed by atoms with Gasteiger partial charge in [-0.1, -0.05) is 43.6 Å². The van der Waals surface area contributed by atoms with Gasteiger partial charge in [-0.05, 0) is 37.5 Å². The second-order valence-electron chi connectivity index (χ2n) is 8.19. The Morgan fingerprint density at radius 2 is 1.86 bits per heavy atom. The maximum atomic E-state index is 12.6. The molecule has 0 bridgehead atoms. The van der Waals surface area contributed by atoms with Crippen molar-refractivity contribution >= 4 is 23.6 Å². The zero-order valence-electron chi connectivity index (χ0n) is 17.9. The van der Waals surface area contributed by atoms with Crippen molar-refractivity contribution in [2.75, 3.05) is 32.7 Å². The molecule has 3 rings (SSSR count). The fourth-order valence-corrected chi connectivity index (χ4v) is 4.02. The average Bonchev–Trinajstić information content (AvgIpc) is 2.95. The molecular formula is C23H31ClN4O. The lowest BCUT2D eigenvalue weighted by Gasteiger charge is -2.35. The first-order chi connectivity index (χ1) is 13.8. The van der Waals surface area contributed by atoms with E-state index >= 15 is 0 Å². The summed E-state index contributed by atoms with van der Waals surface area (Å²) in [5.74, 6) is 0.734. The lowest BCUT2D eigenvalue weighted by atomic mass is 10.1. The van der Waals surface area contributed by atoms with Gasteiger partial charge in [-0.15, -0.1) is 0 Å². The molecule has 1 aliphatic heterocycles. The minimum absolute atomic E-state index is 0.0758. The molecule has 1 aliphatic rings. The molecular weight excluding hydrogens is 384 g/mol. The molecule has 0 saturated carbocycles. The van der Waals surface area contributed by atoms with E-state index in [1.165, 1.54) is 0 Å². The highest BCUT2D eigenvalue weighted by molar-refractivity contribution is 6.31. The van der Waals surface area contributed by atoms with Crippen LogP contribution in [0.4, 0.5) is 0 Å². The summed E-state index contributed by atoms with van der Waals surface area (Å²) in [6, 6.07) is 7.81. The number of rotatable bonds is 6. The Morgan fingerprint density at radius 3 is 2.52 bits per heavy atom. The van der Waals surface area contributed by atoms with Crippen LogP contribution in [0.5, 0.6) is 0 Å². The van der Waals surface area contributed by atoms with E-state index in [9.17, 15) is 4.79 Å². The van der Waals surface area contributed by atoms with Crippen molar-refractivity contribution < 1.29 is 4.79 Å². The van der Waals surface area contributed by atoms with Crippen LogP contribution >= 0.6 is 11.6 Å². The molecule has 29 heavy (non-hydrogen) atoms. The summed E-state index contributed by atoms with van der Waals surface area (Å²) in [7, 11) is 0. The quantitative estimate of drug-likeness (QED) is 0.670. The SMILES string of the molecule is Cc1nn(Cc2ccccc2Cl)c(C)c1C=CC(=O)N1CCN(CC(C)C)CC1. The topological polar surface area (TPSA) is 41.4 Å². The molecule has 1 aromatic carbocycles. The minimum Gasteiger partial charge on any atom is -0.337 e. The van der Waals surface area contributed by atoms with Gasteiger partial charge < -0.3 is 4.90 Å². The Kier molecular flexibility index (Phi) is 7.14. The average molecular weight is 415 g/mol. The number of hydrogen-bond donors (Lipinski definition) is 0. The fraction of sp³-hybridized carbons (Fsp3) is 0.478. The monoisotopic (exact) mass is 414 g/mol. The largest absolute Gasteiger partial charge is 0.337 e. The van der Waals surface area contributed by atoms with Crippen LogP contribution in [-0.2, 0) is 11.3 Å². The van der Waals surface area contributed by atoms with E-state index in [4.69, 9.17) is 11.6 Å². The van der Waals surface area contributed by atoms with E-state index in [1.807, 2.05) is 53.8 Å². The molecule has 1 fully saturated rings. The molecule has 0 spiro atoms. The first-order valence-corrected chi connectivity index (χ1v) is 10.7. The van der Waals surface area contributed by atoms with E-state index in [-0.39, 0.29) is 5.91 Å². The first-order valence-electron chi connectivity index (χ1n) is 10.3. The number of amides is 1. The molecule has 1 aromatic heterocycles. The predicted molar refractivity (Wildman–Crippen MR) is 119 cm³/mol. The van der Waals surface area contributed by atoms with E-state index in [0.717, 1.165) is 60.3 Å². The van der Waals surface area contributed by atoms with Crippen molar-refractivity contribution in [2.45, 2.75) is 34.2 Å². The van der Waals surface area contributed by atoms with Crippen LogP contribution in [-0.4, -0.2) is 58.2 Å². The molecule has 0 unspecified atom stereocenters. The number of hydrogen-bond acceptors (Lipinski definition) is 3. The third-order valence-corrected chi connectivity index (χ3v) is 5.78. The highest BCUT2D eigenvalue weighted by Crippen LogP contribution is 2.20. The molecule has 2 aromatic rings. The first kappa shape index (κ1) is 21.6. The summed E-state index contributed by atoms with van der Waals surface area (Å²) in [5.41, 5.74) is 3.99. The Labute approximate surface area is 178 Å². The fourth-order valence-electron chi connectivity index (χ4n) is 3.82. The van der Waals surface area contributed by atoms with Crippen molar-refractivity contribution in [3.05, 3.63) is 57.9 Å². The third-order valence-electron chi connectivity index (χ3n) is 5.42. The number of benzene rings is 1. The molecule has 156 valence electrons. The lowest BCUT2D eigenvalue weighted by Crippen LogP contribution is -2.49. The summed E-state index contributed by atoms with van der Waals surface area (Å²) >= 11 is 6.29. The highest BCUT2D eigenvalue weighted by Gasteiger charge is 2.20. The van der Waals surface area contributed by atoms with Gasteiger partial charge in [0.2, 0.25) is 5.91 Å². The van der Waals surface area contributed by atoms with Crippen molar-refractivity contribution in [3.63, 3.8) is 0 Å². The van der Waals surface area contributed by atoms with Crippen LogP contribution in [0.2, 0.25) is 5.02 Å². The van der Waals surface area contributed by atoms with Crippen LogP contribution in [0.15, 0.2) is 30.3 Å². The van der Waals surface area contributed by atoms with E-state index in [1.54, 1.807) is 6.08 Å². The number of piperazine rings is 1. The number of halogens is 1. The van der Waals surface area contributed by atoms with Gasteiger partial charge in [0.05, 0.1) is 12.2 Å². The lowest BCUT2D eigenvalue weighted by molar-refractivity contribution is -0.127. The number of carbonyl (C=O) groups is 1. The molecule has 5 nitrogen and oxygen atoms in total. The van der Waals surface area contributed by atoms with Gasteiger partial charge in [0, 0.05) is 55.1 Å². The molecule has 0 atom stereocenters. The van der Waals surface area contributed by atoms with Gasteiger partial charge in [0.25, 0.3) is 0 Å². The van der Waals surface area contributed by atoms with Gasteiger partial charge in [0.1, 0.15) is 0 Å². The normalized spacial score (nSPS) is 15.6. The van der Waals surface area contributed by atoms with Crippen LogP contribution in [0.3, 0.4) is 0 Å². The van der Waals surface area contributed by atoms with Gasteiger partial charge in [-0.2, -0.15) is 5.10 Å². The summed E-state index contributed by atoms with van der Waals surface area (Å²) in [5, 5.41) is 5.39. The Morgan fingerprint density at radius 1 is 1.17 bits per heavy atom. The van der Waals surface area contributed by atoms with E-state index < -0.39 is 0 Å². The van der Waals surface area contributed by atoms with Crippen molar-refractivity contribution in [1.82, 2.24) is 19.6 Å². The number of carbonyl (C=O) groups excluding carboxylic acids is 1. The minimum atomic E-state index is 0.0758. The van der Waals surface area contributed by atoms with Crippen LogP contribution in [0.1, 0.15) is 36.4 Å². The van der Waals surface area contributed by atoms with Crippen molar-refractivity contribution in [3.8, 4) is 0 Å². The summed E-state index contributed by atoms with van der Waals surface area (Å²) in [4.78, 5) is 17.0.